The Bertz CT molecular complexity index is 343. The van der Waals surface area contributed by atoms with Gasteiger partial charge in [-0.25, -0.2) is 4.98 Å². The molecule has 1 aromatic rings. The van der Waals surface area contributed by atoms with E-state index in [2.05, 4.69) is 16.9 Å². The van der Waals surface area contributed by atoms with Crippen LogP contribution in [0.4, 0.5) is 5.82 Å². The van der Waals surface area contributed by atoms with E-state index in [0.29, 0.717) is 24.9 Å². The van der Waals surface area contributed by atoms with E-state index in [-0.39, 0.29) is 6.10 Å². The lowest BCUT2D eigenvalue weighted by atomic mass is 10.3. The number of ether oxygens (including phenoxy) is 2. The van der Waals surface area contributed by atoms with Gasteiger partial charge in [0, 0.05) is 12.5 Å². The van der Waals surface area contributed by atoms with Crippen LogP contribution >= 0.6 is 0 Å². The number of nitrogens with zero attached hydrogens (tertiary/aromatic N) is 2. The van der Waals surface area contributed by atoms with Crippen LogP contribution in [0.5, 0.6) is 5.88 Å². The molecular weight excluding hydrogens is 218 g/mol. The van der Waals surface area contributed by atoms with E-state index >= 15 is 0 Å². The van der Waals surface area contributed by atoms with Crippen molar-refractivity contribution in [3.05, 3.63) is 11.9 Å². The summed E-state index contributed by atoms with van der Waals surface area (Å²) in [5.41, 5.74) is 5.68. The molecule has 0 radical (unpaired) electrons. The number of nitrogen functional groups attached to an aromatic ring is 1. The Kier molecular flexibility index (Phi) is 5.69. The lowest BCUT2D eigenvalue weighted by Crippen LogP contribution is -2.12. The van der Waals surface area contributed by atoms with E-state index in [1.165, 1.54) is 0 Å². The van der Waals surface area contributed by atoms with Gasteiger partial charge in [0.05, 0.1) is 12.7 Å². The maximum atomic E-state index is 5.68. The Labute approximate surface area is 102 Å². The SMILES string of the molecule is CCCc1nc(N)cc(OCCOC(C)C)n1. The van der Waals surface area contributed by atoms with E-state index in [9.17, 15) is 0 Å². The molecule has 0 amide bonds. The van der Waals surface area contributed by atoms with Gasteiger partial charge in [-0.3, -0.25) is 0 Å². The van der Waals surface area contributed by atoms with Gasteiger partial charge in [0.1, 0.15) is 18.2 Å². The van der Waals surface area contributed by atoms with Crippen LogP contribution in [0.3, 0.4) is 0 Å². The van der Waals surface area contributed by atoms with Gasteiger partial charge >= 0.3 is 0 Å². The summed E-state index contributed by atoms with van der Waals surface area (Å²) in [7, 11) is 0. The van der Waals surface area contributed by atoms with E-state index in [1.54, 1.807) is 6.07 Å². The molecule has 1 rings (SSSR count). The highest BCUT2D eigenvalue weighted by molar-refractivity contribution is 5.32. The summed E-state index contributed by atoms with van der Waals surface area (Å²) in [5, 5.41) is 0. The number of aromatic nitrogens is 2. The summed E-state index contributed by atoms with van der Waals surface area (Å²) >= 11 is 0. The molecule has 0 bridgehead atoms. The quantitative estimate of drug-likeness (QED) is 0.735. The molecule has 0 unspecified atom stereocenters. The highest BCUT2D eigenvalue weighted by atomic mass is 16.5. The zero-order valence-corrected chi connectivity index (χ0v) is 10.8. The van der Waals surface area contributed by atoms with E-state index < -0.39 is 0 Å². The number of hydrogen-bond acceptors (Lipinski definition) is 5. The molecule has 0 aliphatic rings. The molecule has 0 saturated carbocycles. The number of hydrogen-bond donors (Lipinski definition) is 1. The van der Waals surface area contributed by atoms with Crippen molar-refractivity contribution in [3.8, 4) is 5.88 Å². The van der Waals surface area contributed by atoms with Crippen molar-refractivity contribution >= 4 is 5.82 Å². The minimum Gasteiger partial charge on any atom is -0.475 e. The number of anilines is 1. The van der Waals surface area contributed by atoms with Crippen molar-refractivity contribution in [2.75, 3.05) is 18.9 Å². The van der Waals surface area contributed by atoms with E-state index in [1.807, 2.05) is 13.8 Å². The second-order valence-electron chi connectivity index (χ2n) is 4.07. The Hall–Kier alpha value is -1.36. The Morgan fingerprint density at radius 1 is 1.29 bits per heavy atom. The molecule has 0 atom stereocenters. The average molecular weight is 239 g/mol. The second kappa shape index (κ2) is 7.06. The first-order valence-electron chi connectivity index (χ1n) is 5.99. The van der Waals surface area contributed by atoms with E-state index in [4.69, 9.17) is 15.2 Å². The molecule has 0 aliphatic heterocycles. The summed E-state index contributed by atoms with van der Waals surface area (Å²) in [4.78, 5) is 8.41. The summed E-state index contributed by atoms with van der Waals surface area (Å²) in [6.45, 7) is 7.07. The van der Waals surface area contributed by atoms with Crippen LogP contribution in [0.2, 0.25) is 0 Å². The first-order valence-corrected chi connectivity index (χ1v) is 5.99. The highest BCUT2D eigenvalue weighted by Crippen LogP contribution is 2.11. The smallest absolute Gasteiger partial charge is 0.218 e. The van der Waals surface area contributed by atoms with Crippen LogP contribution in [-0.4, -0.2) is 29.3 Å². The van der Waals surface area contributed by atoms with Gasteiger partial charge < -0.3 is 15.2 Å². The van der Waals surface area contributed by atoms with Crippen molar-refractivity contribution < 1.29 is 9.47 Å². The van der Waals surface area contributed by atoms with Crippen molar-refractivity contribution in [2.24, 2.45) is 0 Å². The zero-order chi connectivity index (χ0) is 12.7. The number of nitrogens with two attached hydrogens (primary N) is 1. The molecule has 96 valence electrons. The topological polar surface area (TPSA) is 70.3 Å². The fourth-order valence-corrected chi connectivity index (χ4v) is 1.33. The van der Waals surface area contributed by atoms with Gasteiger partial charge in [0.15, 0.2) is 0 Å². The van der Waals surface area contributed by atoms with Crippen LogP contribution in [0.25, 0.3) is 0 Å². The van der Waals surface area contributed by atoms with Gasteiger partial charge in [0.25, 0.3) is 0 Å². The van der Waals surface area contributed by atoms with Crippen molar-refractivity contribution in [1.82, 2.24) is 9.97 Å². The van der Waals surface area contributed by atoms with Gasteiger partial charge in [-0.2, -0.15) is 4.98 Å². The molecule has 5 nitrogen and oxygen atoms in total. The van der Waals surface area contributed by atoms with Gasteiger partial charge in [-0.15, -0.1) is 0 Å². The number of aryl methyl sites for hydroxylation is 1. The summed E-state index contributed by atoms with van der Waals surface area (Å²) in [6.07, 6.45) is 2.01. The largest absolute Gasteiger partial charge is 0.475 e. The number of rotatable bonds is 7. The monoisotopic (exact) mass is 239 g/mol. The Balaban J connectivity index is 2.46. The summed E-state index contributed by atoms with van der Waals surface area (Å²) < 4.78 is 10.8. The van der Waals surface area contributed by atoms with Crippen molar-refractivity contribution in [3.63, 3.8) is 0 Å². The lowest BCUT2D eigenvalue weighted by Gasteiger charge is -2.09. The molecule has 2 N–H and O–H groups in total. The highest BCUT2D eigenvalue weighted by Gasteiger charge is 2.03. The van der Waals surface area contributed by atoms with Gasteiger partial charge in [-0.05, 0) is 20.3 Å². The predicted octanol–water partition coefficient (Wildman–Crippen LogP) is 1.82. The maximum absolute atomic E-state index is 5.68. The third-order valence-electron chi connectivity index (χ3n) is 2.03. The Morgan fingerprint density at radius 3 is 2.71 bits per heavy atom. The lowest BCUT2D eigenvalue weighted by molar-refractivity contribution is 0.0542. The molecule has 5 heteroatoms. The van der Waals surface area contributed by atoms with Gasteiger partial charge in [0.2, 0.25) is 5.88 Å². The normalized spacial score (nSPS) is 10.8. The molecule has 0 aromatic carbocycles. The standard InChI is InChI=1S/C12H21N3O2/c1-4-5-11-14-10(13)8-12(15-11)17-7-6-16-9(2)3/h8-9H,4-7H2,1-3H3,(H2,13,14,15). The third-order valence-corrected chi connectivity index (χ3v) is 2.03. The minimum atomic E-state index is 0.213. The summed E-state index contributed by atoms with van der Waals surface area (Å²) in [5.74, 6) is 1.70. The van der Waals surface area contributed by atoms with Crippen LogP contribution in [-0.2, 0) is 11.2 Å². The maximum Gasteiger partial charge on any atom is 0.218 e. The first kappa shape index (κ1) is 13.7. The van der Waals surface area contributed by atoms with Crippen LogP contribution < -0.4 is 10.5 Å². The molecule has 1 heterocycles. The molecule has 0 fully saturated rings. The first-order chi connectivity index (χ1) is 8.11. The predicted molar refractivity (Wildman–Crippen MR) is 67.0 cm³/mol. The van der Waals surface area contributed by atoms with Crippen LogP contribution in [0, 0.1) is 0 Å². The molecule has 1 aromatic heterocycles. The van der Waals surface area contributed by atoms with Crippen molar-refractivity contribution in [2.45, 2.75) is 39.7 Å². The zero-order valence-electron chi connectivity index (χ0n) is 10.8. The van der Waals surface area contributed by atoms with E-state index in [0.717, 1.165) is 18.7 Å². The summed E-state index contributed by atoms with van der Waals surface area (Å²) in [6, 6.07) is 1.63. The molecule has 17 heavy (non-hydrogen) atoms. The van der Waals surface area contributed by atoms with Crippen molar-refractivity contribution in [1.29, 1.82) is 0 Å². The van der Waals surface area contributed by atoms with Gasteiger partial charge in [-0.1, -0.05) is 6.92 Å². The third kappa shape index (κ3) is 5.49. The fourth-order valence-electron chi connectivity index (χ4n) is 1.33. The second-order valence-corrected chi connectivity index (χ2v) is 4.07. The minimum absolute atomic E-state index is 0.213. The molecule has 0 spiro atoms. The van der Waals surface area contributed by atoms with Crippen LogP contribution in [0.1, 0.15) is 33.0 Å². The molecule has 0 saturated heterocycles. The molecule has 0 aliphatic carbocycles. The fraction of sp³-hybridized carbons (Fsp3) is 0.667. The molecular formula is C12H21N3O2. The Morgan fingerprint density at radius 2 is 2.06 bits per heavy atom. The van der Waals surface area contributed by atoms with Crippen LogP contribution in [0.15, 0.2) is 6.07 Å². The average Bonchev–Trinajstić information content (AvgIpc) is 2.24.